The van der Waals surface area contributed by atoms with Gasteiger partial charge in [0, 0.05) is 23.2 Å². The zero-order chi connectivity index (χ0) is 20.6. The Morgan fingerprint density at radius 3 is 2.62 bits per heavy atom. The Kier molecular flexibility index (Phi) is 5.07. The first kappa shape index (κ1) is 19.5. The van der Waals surface area contributed by atoms with Crippen molar-refractivity contribution in [3.05, 3.63) is 65.2 Å². The Balaban J connectivity index is 1.71. The third-order valence-electron chi connectivity index (χ3n) is 6.55. The highest BCUT2D eigenvalue weighted by Crippen LogP contribution is 2.53. The highest BCUT2D eigenvalue weighted by atomic mass is 16.5. The number of rotatable bonds is 5. The topological polar surface area (TPSA) is 66.8 Å². The largest absolute Gasteiger partial charge is 0.508 e. The predicted molar refractivity (Wildman–Crippen MR) is 110 cm³/mol. The molecule has 2 bridgehead atoms. The van der Waals surface area contributed by atoms with Crippen LogP contribution in [-0.2, 0) is 16.0 Å². The molecule has 0 radical (unpaired) electrons. The van der Waals surface area contributed by atoms with Crippen molar-refractivity contribution in [2.24, 2.45) is 5.41 Å². The molecule has 3 atom stereocenters. The molecule has 1 amide bonds. The number of hydrogen-bond donors (Lipinski definition) is 1. The Morgan fingerprint density at radius 2 is 1.90 bits per heavy atom. The fraction of sp³-hybridized carbons (Fsp3) is 0.417. The molecule has 0 aliphatic carbocycles. The second-order valence-corrected chi connectivity index (χ2v) is 8.15. The molecule has 2 aromatic carbocycles. The normalized spacial score (nSPS) is 25.2. The van der Waals surface area contributed by atoms with Crippen LogP contribution in [0.3, 0.4) is 0 Å². The van der Waals surface area contributed by atoms with Crippen molar-refractivity contribution in [1.82, 2.24) is 4.90 Å². The maximum atomic E-state index is 13.5. The molecule has 2 aliphatic rings. The fourth-order valence-corrected chi connectivity index (χ4v) is 5.20. The van der Waals surface area contributed by atoms with Gasteiger partial charge >= 0.3 is 5.97 Å². The molecule has 4 rings (SSSR count). The van der Waals surface area contributed by atoms with E-state index in [0.29, 0.717) is 30.6 Å². The summed E-state index contributed by atoms with van der Waals surface area (Å²) < 4.78 is 5.51. The van der Waals surface area contributed by atoms with Crippen LogP contribution in [0.1, 0.15) is 47.7 Å². The van der Waals surface area contributed by atoms with Crippen LogP contribution in [0.5, 0.6) is 5.75 Å². The van der Waals surface area contributed by atoms with Gasteiger partial charge in [0.25, 0.3) is 5.91 Å². The van der Waals surface area contributed by atoms with Gasteiger partial charge in [0.15, 0.2) is 0 Å². The van der Waals surface area contributed by atoms with Gasteiger partial charge in [-0.25, -0.2) is 0 Å². The van der Waals surface area contributed by atoms with Gasteiger partial charge in [-0.3, -0.25) is 9.59 Å². The summed E-state index contributed by atoms with van der Waals surface area (Å²) in [5.41, 5.74) is 1.43. The second-order valence-electron chi connectivity index (χ2n) is 8.15. The van der Waals surface area contributed by atoms with E-state index >= 15 is 0 Å². The van der Waals surface area contributed by atoms with Gasteiger partial charge in [-0.15, -0.1) is 0 Å². The van der Waals surface area contributed by atoms with E-state index in [4.69, 9.17) is 4.74 Å². The first-order chi connectivity index (χ1) is 14.0. The van der Waals surface area contributed by atoms with Crippen molar-refractivity contribution in [3.63, 3.8) is 0 Å². The Bertz CT molecular complexity index is 926. The molecular weight excluding hydrogens is 366 g/mol. The van der Waals surface area contributed by atoms with Crippen LogP contribution in [0, 0.1) is 12.3 Å². The lowest BCUT2D eigenvalue weighted by atomic mass is 9.70. The van der Waals surface area contributed by atoms with Crippen molar-refractivity contribution in [2.45, 2.75) is 51.6 Å². The molecule has 5 nitrogen and oxygen atoms in total. The molecular formula is C24H27NO4. The number of phenolic OH excluding ortho intramolecular Hbond substituents is 1. The number of benzene rings is 2. The van der Waals surface area contributed by atoms with Gasteiger partial charge in [-0.05, 0) is 57.2 Å². The molecule has 2 aromatic rings. The minimum atomic E-state index is -0.722. The van der Waals surface area contributed by atoms with E-state index in [1.54, 1.807) is 25.1 Å². The molecule has 0 aromatic heterocycles. The van der Waals surface area contributed by atoms with Gasteiger partial charge in [0.1, 0.15) is 5.75 Å². The summed E-state index contributed by atoms with van der Waals surface area (Å²) in [6.45, 7) is 3.90. The smallest absolute Gasteiger partial charge is 0.314 e. The summed E-state index contributed by atoms with van der Waals surface area (Å²) in [5.74, 6) is -0.199. The molecule has 2 saturated heterocycles. The van der Waals surface area contributed by atoms with E-state index in [0.717, 1.165) is 18.4 Å². The van der Waals surface area contributed by atoms with Gasteiger partial charge in [0.05, 0.1) is 12.0 Å². The number of nitrogens with zero attached hydrogens (tertiary/aromatic N) is 1. The number of hydrogen-bond acceptors (Lipinski definition) is 4. The zero-order valence-corrected chi connectivity index (χ0v) is 16.9. The van der Waals surface area contributed by atoms with E-state index in [1.165, 1.54) is 0 Å². The van der Waals surface area contributed by atoms with Crippen molar-refractivity contribution >= 4 is 11.9 Å². The molecule has 0 unspecified atom stereocenters. The number of carbonyl (C=O) groups excluding carboxylic acids is 2. The summed E-state index contributed by atoms with van der Waals surface area (Å²) in [6.07, 6.45) is 2.87. The molecule has 0 saturated carbocycles. The quantitative estimate of drug-likeness (QED) is 0.783. The lowest BCUT2D eigenvalue weighted by Gasteiger charge is -2.35. The van der Waals surface area contributed by atoms with Gasteiger partial charge < -0.3 is 14.7 Å². The first-order valence-corrected chi connectivity index (χ1v) is 10.3. The van der Waals surface area contributed by atoms with Crippen LogP contribution in [0.25, 0.3) is 0 Å². The average Bonchev–Trinajstić information content (AvgIpc) is 3.27. The fourth-order valence-electron chi connectivity index (χ4n) is 5.20. The summed E-state index contributed by atoms with van der Waals surface area (Å²) in [5, 5.41) is 10.1. The van der Waals surface area contributed by atoms with E-state index in [-0.39, 0.29) is 29.7 Å². The van der Waals surface area contributed by atoms with Gasteiger partial charge in [-0.2, -0.15) is 0 Å². The molecule has 152 valence electrons. The SMILES string of the molecule is CCOC(=O)[C@@]1(Cc2ccccc2)C[C@H]2CC[C@@H]1N2C(=O)c1cccc(O)c1C. The number of phenols is 1. The molecule has 5 heteroatoms. The van der Waals surface area contributed by atoms with E-state index in [2.05, 4.69) is 0 Å². The van der Waals surface area contributed by atoms with Crippen LogP contribution < -0.4 is 0 Å². The first-order valence-electron chi connectivity index (χ1n) is 10.3. The number of esters is 1. The molecule has 2 fully saturated rings. The maximum absolute atomic E-state index is 13.5. The van der Waals surface area contributed by atoms with Crippen LogP contribution >= 0.6 is 0 Å². The van der Waals surface area contributed by atoms with Crippen LogP contribution in [0.15, 0.2) is 48.5 Å². The Labute approximate surface area is 171 Å². The second kappa shape index (κ2) is 7.54. The van der Waals surface area contributed by atoms with Gasteiger partial charge in [-0.1, -0.05) is 36.4 Å². The zero-order valence-electron chi connectivity index (χ0n) is 16.9. The highest BCUT2D eigenvalue weighted by Gasteiger charge is 2.62. The number of ether oxygens (including phenoxy) is 1. The minimum absolute atomic E-state index is 0.0161. The van der Waals surface area contributed by atoms with Gasteiger partial charge in [0.2, 0.25) is 0 Å². The summed E-state index contributed by atoms with van der Waals surface area (Å²) >= 11 is 0. The van der Waals surface area contributed by atoms with Crippen LogP contribution in [-0.4, -0.2) is 40.6 Å². The number of amides is 1. The summed E-state index contributed by atoms with van der Waals surface area (Å²) in [4.78, 5) is 28.5. The lowest BCUT2D eigenvalue weighted by molar-refractivity contribution is -0.157. The number of carbonyl (C=O) groups is 2. The molecule has 0 spiro atoms. The minimum Gasteiger partial charge on any atom is -0.508 e. The lowest BCUT2D eigenvalue weighted by Crippen LogP contribution is -2.47. The van der Waals surface area contributed by atoms with Crippen LogP contribution in [0.4, 0.5) is 0 Å². The van der Waals surface area contributed by atoms with Crippen molar-refractivity contribution in [3.8, 4) is 5.75 Å². The third-order valence-corrected chi connectivity index (χ3v) is 6.55. The molecule has 1 N–H and O–H groups in total. The monoisotopic (exact) mass is 393 g/mol. The predicted octanol–water partition coefficient (Wildman–Crippen LogP) is 3.87. The number of fused-ring (bicyclic) bond motifs is 2. The van der Waals surface area contributed by atoms with Crippen molar-refractivity contribution in [1.29, 1.82) is 0 Å². The van der Waals surface area contributed by atoms with E-state index in [1.807, 2.05) is 42.2 Å². The molecule has 2 aliphatic heterocycles. The standard InChI is InChI=1S/C24H27NO4/c1-3-29-23(28)24(14-17-8-5-4-6-9-17)15-18-12-13-21(24)25(18)22(27)19-10-7-11-20(26)16(19)2/h4-11,18,21,26H,3,12-15H2,1-2H3/t18-,21+,24+/m1/s1. The Morgan fingerprint density at radius 1 is 1.14 bits per heavy atom. The molecule has 29 heavy (non-hydrogen) atoms. The maximum Gasteiger partial charge on any atom is 0.314 e. The van der Waals surface area contributed by atoms with Crippen LogP contribution in [0.2, 0.25) is 0 Å². The molecule has 2 heterocycles. The summed E-state index contributed by atoms with van der Waals surface area (Å²) in [7, 11) is 0. The average molecular weight is 393 g/mol. The highest BCUT2D eigenvalue weighted by molar-refractivity contribution is 5.98. The van der Waals surface area contributed by atoms with E-state index in [9.17, 15) is 14.7 Å². The number of aromatic hydroxyl groups is 1. The summed E-state index contributed by atoms with van der Waals surface area (Å²) in [6, 6.07) is 14.8. The Hall–Kier alpha value is -2.82. The van der Waals surface area contributed by atoms with Crippen molar-refractivity contribution in [2.75, 3.05) is 6.61 Å². The van der Waals surface area contributed by atoms with Crippen molar-refractivity contribution < 1.29 is 19.4 Å². The van der Waals surface area contributed by atoms with E-state index < -0.39 is 5.41 Å². The third kappa shape index (κ3) is 3.18.